The fraction of sp³-hybridized carbons (Fsp3) is 0.600. The molecule has 102 valence electrons. The lowest BCUT2D eigenvalue weighted by molar-refractivity contribution is -0.117. The van der Waals surface area contributed by atoms with E-state index in [0.29, 0.717) is 5.82 Å². The van der Waals surface area contributed by atoms with Crippen LogP contribution in [0.5, 0.6) is 0 Å². The van der Waals surface area contributed by atoms with E-state index in [-0.39, 0.29) is 11.8 Å². The van der Waals surface area contributed by atoms with Gasteiger partial charge in [-0.3, -0.25) is 4.79 Å². The number of pyridine rings is 1. The van der Waals surface area contributed by atoms with Gasteiger partial charge < -0.3 is 10.2 Å². The second-order valence-corrected chi connectivity index (χ2v) is 5.86. The van der Waals surface area contributed by atoms with Gasteiger partial charge in [0, 0.05) is 19.0 Å². The molecule has 1 N–H and O–H groups in total. The van der Waals surface area contributed by atoms with Crippen LogP contribution in [0, 0.1) is 11.8 Å². The lowest BCUT2D eigenvalue weighted by Gasteiger charge is -2.32. The second-order valence-electron chi connectivity index (χ2n) is 5.86. The minimum absolute atomic E-state index is 0.117. The molecule has 0 spiro atoms. The number of nitrogens with one attached hydrogen (secondary N) is 1. The lowest BCUT2D eigenvalue weighted by atomic mass is 10.00. The molecule has 1 aromatic heterocycles. The van der Waals surface area contributed by atoms with Crippen molar-refractivity contribution >= 4 is 17.4 Å². The van der Waals surface area contributed by atoms with Gasteiger partial charge in [0.1, 0.15) is 5.82 Å². The topological polar surface area (TPSA) is 45.2 Å². The highest BCUT2D eigenvalue weighted by Gasteiger charge is 2.29. The average molecular weight is 259 g/mol. The summed E-state index contributed by atoms with van der Waals surface area (Å²) in [6, 6.07) is 3.97. The number of carbonyl (C=O) groups excluding carboxylic acids is 1. The molecule has 19 heavy (non-hydrogen) atoms. The molecule has 1 atom stereocenters. The predicted octanol–water partition coefficient (Wildman–Crippen LogP) is 2.67. The van der Waals surface area contributed by atoms with Crippen molar-refractivity contribution in [2.75, 3.05) is 23.3 Å². The summed E-state index contributed by atoms with van der Waals surface area (Å²) in [6.07, 6.45) is 6.49. The molecule has 1 saturated heterocycles. The Labute approximate surface area is 114 Å². The fourth-order valence-corrected chi connectivity index (χ4v) is 2.64. The molecule has 0 bridgehead atoms. The molecule has 3 rings (SSSR count). The largest absolute Gasteiger partial charge is 0.370 e. The van der Waals surface area contributed by atoms with Crippen molar-refractivity contribution in [2.24, 2.45) is 11.8 Å². The van der Waals surface area contributed by atoms with E-state index in [0.717, 1.165) is 37.5 Å². The zero-order valence-electron chi connectivity index (χ0n) is 11.4. The Hall–Kier alpha value is -1.58. The summed E-state index contributed by atoms with van der Waals surface area (Å²) in [7, 11) is 0. The second kappa shape index (κ2) is 5.19. The first-order chi connectivity index (χ1) is 9.22. The maximum atomic E-state index is 11.6. The Kier molecular flexibility index (Phi) is 3.40. The van der Waals surface area contributed by atoms with Gasteiger partial charge in [0.2, 0.25) is 5.91 Å². The van der Waals surface area contributed by atoms with Crippen LogP contribution < -0.4 is 10.2 Å². The molecule has 4 nitrogen and oxygen atoms in total. The summed E-state index contributed by atoms with van der Waals surface area (Å²) < 4.78 is 0. The first-order valence-electron chi connectivity index (χ1n) is 7.24. The maximum Gasteiger partial charge on any atom is 0.228 e. The number of carbonyl (C=O) groups is 1. The summed E-state index contributed by atoms with van der Waals surface area (Å²) in [4.78, 5) is 18.4. The standard InChI is InChI=1S/C15H21N3O/c1-11-3-2-8-18(10-11)13-6-7-14(16-9-13)17-15(19)12-4-5-12/h6-7,9,11-12H,2-5,8,10H2,1H3,(H,16,17,19). The Balaban J connectivity index is 1.62. The van der Waals surface area contributed by atoms with Gasteiger partial charge in [0.15, 0.2) is 0 Å². The quantitative estimate of drug-likeness (QED) is 0.907. The van der Waals surface area contributed by atoms with Crippen LogP contribution >= 0.6 is 0 Å². The van der Waals surface area contributed by atoms with Crippen LogP contribution in [0.15, 0.2) is 18.3 Å². The zero-order valence-corrected chi connectivity index (χ0v) is 11.4. The zero-order chi connectivity index (χ0) is 13.2. The van der Waals surface area contributed by atoms with Crippen LogP contribution in [0.4, 0.5) is 11.5 Å². The highest BCUT2D eigenvalue weighted by Crippen LogP contribution is 2.30. The van der Waals surface area contributed by atoms with Crippen LogP contribution in [-0.2, 0) is 4.79 Å². The predicted molar refractivity (Wildman–Crippen MR) is 76.2 cm³/mol. The summed E-state index contributed by atoms with van der Waals surface area (Å²) in [5, 5.41) is 2.87. The third-order valence-corrected chi connectivity index (χ3v) is 3.97. The van der Waals surface area contributed by atoms with Crippen molar-refractivity contribution in [3.63, 3.8) is 0 Å². The highest BCUT2D eigenvalue weighted by molar-refractivity contribution is 5.93. The van der Waals surface area contributed by atoms with Gasteiger partial charge >= 0.3 is 0 Å². The SMILES string of the molecule is CC1CCCN(c2ccc(NC(=O)C3CC3)nc2)C1. The third kappa shape index (κ3) is 3.06. The maximum absolute atomic E-state index is 11.6. The van der Waals surface area contributed by atoms with Gasteiger partial charge in [-0.05, 0) is 43.7 Å². The monoisotopic (exact) mass is 259 g/mol. The number of hydrogen-bond acceptors (Lipinski definition) is 3. The molecular weight excluding hydrogens is 238 g/mol. The minimum atomic E-state index is 0.117. The van der Waals surface area contributed by atoms with E-state index < -0.39 is 0 Å². The van der Waals surface area contributed by atoms with Crippen molar-refractivity contribution in [2.45, 2.75) is 32.6 Å². The lowest BCUT2D eigenvalue weighted by Crippen LogP contribution is -2.34. The average Bonchev–Trinajstić information content (AvgIpc) is 3.24. The number of piperidine rings is 1. The molecule has 1 saturated carbocycles. The molecule has 1 unspecified atom stereocenters. The van der Waals surface area contributed by atoms with Crippen LogP contribution in [0.25, 0.3) is 0 Å². The van der Waals surface area contributed by atoms with E-state index in [2.05, 4.69) is 28.2 Å². The number of rotatable bonds is 3. The number of aromatic nitrogens is 1. The van der Waals surface area contributed by atoms with Crippen LogP contribution in [-0.4, -0.2) is 24.0 Å². The Bertz CT molecular complexity index is 453. The molecule has 1 amide bonds. The molecule has 0 aromatic carbocycles. The molecule has 2 heterocycles. The summed E-state index contributed by atoms with van der Waals surface area (Å²) >= 11 is 0. The number of anilines is 2. The van der Waals surface area contributed by atoms with E-state index >= 15 is 0 Å². The van der Waals surface area contributed by atoms with Gasteiger partial charge in [-0.25, -0.2) is 4.98 Å². The van der Waals surface area contributed by atoms with Gasteiger partial charge in [-0.15, -0.1) is 0 Å². The normalized spacial score (nSPS) is 23.2. The Morgan fingerprint density at radius 3 is 2.84 bits per heavy atom. The number of nitrogens with zero attached hydrogens (tertiary/aromatic N) is 2. The van der Waals surface area contributed by atoms with Crippen molar-refractivity contribution in [3.8, 4) is 0 Å². The van der Waals surface area contributed by atoms with Gasteiger partial charge in [-0.2, -0.15) is 0 Å². The Morgan fingerprint density at radius 1 is 1.37 bits per heavy atom. The highest BCUT2D eigenvalue weighted by atomic mass is 16.2. The first-order valence-corrected chi connectivity index (χ1v) is 7.24. The molecule has 2 aliphatic rings. The molecule has 1 aliphatic carbocycles. The first kappa shape index (κ1) is 12.5. The fourth-order valence-electron chi connectivity index (χ4n) is 2.64. The van der Waals surface area contributed by atoms with E-state index in [1.54, 1.807) is 0 Å². The van der Waals surface area contributed by atoms with Crippen LogP contribution in [0.2, 0.25) is 0 Å². The molecule has 1 aromatic rings. The summed E-state index contributed by atoms with van der Waals surface area (Å²) in [5.74, 6) is 1.77. The van der Waals surface area contributed by atoms with Crippen LogP contribution in [0.3, 0.4) is 0 Å². The summed E-state index contributed by atoms with van der Waals surface area (Å²) in [5.41, 5.74) is 1.16. The molecule has 1 aliphatic heterocycles. The van der Waals surface area contributed by atoms with Gasteiger partial charge in [-0.1, -0.05) is 6.92 Å². The van der Waals surface area contributed by atoms with Crippen molar-refractivity contribution in [1.29, 1.82) is 0 Å². The smallest absolute Gasteiger partial charge is 0.228 e. The van der Waals surface area contributed by atoms with E-state index in [1.165, 1.54) is 12.8 Å². The van der Waals surface area contributed by atoms with Crippen molar-refractivity contribution in [1.82, 2.24) is 4.98 Å². The molecular formula is C15H21N3O. The minimum Gasteiger partial charge on any atom is -0.370 e. The van der Waals surface area contributed by atoms with E-state index in [4.69, 9.17) is 0 Å². The number of hydrogen-bond donors (Lipinski definition) is 1. The van der Waals surface area contributed by atoms with Crippen molar-refractivity contribution < 1.29 is 4.79 Å². The number of amides is 1. The third-order valence-electron chi connectivity index (χ3n) is 3.97. The van der Waals surface area contributed by atoms with Gasteiger partial charge in [0.05, 0.1) is 11.9 Å². The molecule has 0 radical (unpaired) electrons. The van der Waals surface area contributed by atoms with Crippen molar-refractivity contribution in [3.05, 3.63) is 18.3 Å². The summed E-state index contributed by atoms with van der Waals surface area (Å²) in [6.45, 7) is 4.51. The van der Waals surface area contributed by atoms with Crippen LogP contribution in [0.1, 0.15) is 32.6 Å². The molecule has 4 heteroatoms. The van der Waals surface area contributed by atoms with E-state index in [1.807, 2.05) is 12.3 Å². The molecule has 2 fully saturated rings. The van der Waals surface area contributed by atoms with E-state index in [9.17, 15) is 4.79 Å². The van der Waals surface area contributed by atoms with Gasteiger partial charge in [0.25, 0.3) is 0 Å². The Morgan fingerprint density at radius 2 is 2.21 bits per heavy atom.